The van der Waals surface area contributed by atoms with E-state index in [2.05, 4.69) is 29.3 Å². The smallest absolute Gasteiger partial charge is 0.0453 e. The molecule has 2 heterocycles. The van der Waals surface area contributed by atoms with E-state index in [1.807, 2.05) is 6.07 Å². The van der Waals surface area contributed by atoms with Crippen molar-refractivity contribution in [2.45, 2.75) is 32.7 Å². The molecule has 1 atom stereocenters. The molecule has 1 aromatic carbocycles. The molecule has 3 rings (SSSR count). The highest BCUT2D eigenvalue weighted by Gasteiger charge is 2.40. The monoisotopic (exact) mass is 278 g/mol. The summed E-state index contributed by atoms with van der Waals surface area (Å²) in [5, 5.41) is 4.46. The molecule has 1 spiro atoms. The van der Waals surface area contributed by atoms with Gasteiger partial charge in [-0.05, 0) is 55.0 Å². The number of halogens is 1. The van der Waals surface area contributed by atoms with Gasteiger partial charge in [-0.1, -0.05) is 30.7 Å². The second kappa shape index (κ2) is 5.43. The maximum atomic E-state index is 6.40. The summed E-state index contributed by atoms with van der Waals surface area (Å²) >= 11 is 6.40. The summed E-state index contributed by atoms with van der Waals surface area (Å²) in [5.74, 6) is 0. The highest BCUT2D eigenvalue weighted by molar-refractivity contribution is 6.31. The Balaban J connectivity index is 1.72. The standard InChI is InChI=1S/C16H23ClN2/c1-2-13-4-3-5-15(17)14(13)10-19-9-7-16(12-19)6-8-18-11-16/h3-5,18H,2,6-12H2,1H3. The molecule has 0 aromatic heterocycles. The minimum absolute atomic E-state index is 0.549. The van der Waals surface area contributed by atoms with E-state index in [1.54, 1.807) is 0 Å². The van der Waals surface area contributed by atoms with Gasteiger partial charge in [0.25, 0.3) is 0 Å². The van der Waals surface area contributed by atoms with Crippen molar-refractivity contribution in [3.8, 4) is 0 Å². The molecule has 0 radical (unpaired) electrons. The molecule has 1 N–H and O–H groups in total. The zero-order valence-corrected chi connectivity index (χ0v) is 12.5. The predicted octanol–water partition coefficient (Wildman–Crippen LogP) is 3.09. The van der Waals surface area contributed by atoms with Gasteiger partial charge in [0.15, 0.2) is 0 Å². The van der Waals surface area contributed by atoms with Gasteiger partial charge in [0.05, 0.1) is 0 Å². The van der Waals surface area contributed by atoms with Crippen LogP contribution in [0.5, 0.6) is 0 Å². The van der Waals surface area contributed by atoms with Crippen LogP contribution in [0.4, 0.5) is 0 Å². The van der Waals surface area contributed by atoms with Gasteiger partial charge in [0.2, 0.25) is 0 Å². The van der Waals surface area contributed by atoms with E-state index < -0.39 is 0 Å². The normalized spacial score (nSPS) is 27.5. The number of nitrogens with zero attached hydrogens (tertiary/aromatic N) is 1. The molecule has 1 unspecified atom stereocenters. The fourth-order valence-corrected chi connectivity index (χ4v) is 3.90. The maximum absolute atomic E-state index is 6.40. The Morgan fingerprint density at radius 1 is 1.37 bits per heavy atom. The Bertz CT molecular complexity index is 452. The Morgan fingerprint density at radius 2 is 2.26 bits per heavy atom. The molecule has 0 bridgehead atoms. The van der Waals surface area contributed by atoms with Gasteiger partial charge in [-0.25, -0.2) is 0 Å². The van der Waals surface area contributed by atoms with Crippen molar-refractivity contribution in [1.29, 1.82) is 0 Å². The Morgan fingerprint density at radius 3 is 3.00 bits per heavy atom. The van der Waals surface area contributed by atoms with E-state index in [0.29, 0.717) is 5.41 Å². The SMILES string of the molecule is CCc1cccc(Cl)c1CN1CCC2(CCNC2)C1. The highest BCUT2D eigenvalue weighted by Crippen LogP contribution is 2.37. The van der Waals surface area contributed by atoms with Crippen LogP contribution >= 0.6 is 11.6 Å². The average molecular weight is 279 g/mol. The van der Waals surface area contributed by atoms with Gasteiger partial charge in [0.1, 0.15) is 0 Å². The lowest BCUT2D eigenvalue weighted by Crippen LogP contribution is -2.29. The van der Waals surface area contributed by atoms with Crippen molar-refractivity contribution in [2.75, 3.05) is 26.2 Å². The van der Waals surface area contributed by atoms with Gasteiger partial charge in [0, 0.05) is 24.7 Å². The summed E-state index contributed by atoms with van der Waals surface area (Å²) in [4.78, 5) is 2.59. The van der Waals surface area contributed by atoms with Crippen molar-refractivity contribution >= 4 is 11.6 Å². The molecule has 0 aliphatic carbocycles. The van der Waals surface area contributed by atoms with Gasteiger partial charge in [-0.15, -0.1) is 0 Å². The highest BCUT2D eigenvalue weighted by atomic mass is 35.5. The molecule has 2 fully saturated rings. The number of hydrogen-bond acceptors (Lipinski definition) is 2. The fourth-order valence-electron chi connectivity index (χ4n) is 3.64. The second-order valence-corrected chi connectivity index (χ2v) is 6.53. The largest absolute Gasteiger partial charge is 0.316 e. The molecule has 2 aliphatic heterocycles. The van der Waals surface area contributed by atoms with Crippen LogP contribution in [-0.4, -0.2) is 31.1 Å². The minimum Gasteiger partial charge on any atom is -0.316 e. The van der Waals surface area contributed by atoms with Gasteiger partial charge in [-0.3, -0.25) is 4.90 Å². The topological polar surface area (TPSA) is 15.3 Å². The minimum atomic E-state index is 0.549. The van der Waals surface area contributed by atoms with Gasteiger partial charge >= 0.3 is 0 Å². The molecule has 3 heteroatoms. The van der Waals surface area contributed by atoms with E-state index >= 15 is 0 Å². The zero-order valence-electron chi connectivity index (χ0n) is 11.7. The summed E-state index contributed by atoms with van der Waals surface area (Å²) in [6.07, 6.45) is 3.75. The van der Waals surface area contributed by atoms with Crippen LogP contribution in [0.15, 0.2) is 18.2 Å². The summed E-state index contributed by atoms with van der Waals surface area (Å²) in [5.41, 5.74) is 3.29. The molecular formula is C16H23ClN2. The Hall–Kier alpha value is -0.570. The van der Waals surface area contributed by atoms with Crippen molar-refractivity contribution in [3.05, 3.63) is 34.3 Å². The van der Waals surface area contributed by atoms with Crippen LogP contribution < -0.4 is 5.32 Å². The Kier molecular flexibility index (Phi) is 3.84. The molecule has 2 nitrogen and oxygen atoms in total. The molecule has 2 aliphatic rings. The van der Waals surface area contributed by atoms with Crippen molar-refractivity contribution in [1.82, 2.24) is 10.2 Å². The second-order valence-electron chi connectivity index (χ2n) is 6.12. The predicted molar refractivity (Wildman–Crippen MR) is 80.6 cm³/mol. The third-order valence-electron chi connectivity index (χ3n) is 4.83. The number of likely N-dealkylation sites (tertiary alicyclic amines) is 1. The maximum Gasteiger partial charge on any atom is 0.0453 e. The lowest BCUT2D eigenvalue weighted by atomic mass is 9.86. The van der Waals surface area contributed by atoms with Crippen LogP contribution in [0.25, 0.3) is 0 Å². The van der Waals surface area contributed by atoms with Crippen LogP contribution in [0, 0.1) is 5.41 Å². The fraction of sp³-hybridized carbons (Fsp3) is 0.625. The number of hydrogen-bond donors (Lipinski definition) is 1. The lowest BCUT2D eigenvalue weighted by molar-refractivity contribution is 0.268. The Labute approximate surface area is 121 Å². The molecule has 1 aromatic rings. The first-order chi connectivity index (χ1) is 9.22. The average Bonchev–Trinajstić information content (AvgIpc) is 3.03. The first kappa shape index (κ1) is 13.4. The molecular weight excluding hydrogens is 256 g/mol. The third kappa shape index (κ3) is 2.67. The summed E-state index contributed by atoms with van der Waals surface area (Å²) in [7, 11) is 0. The van der Waals surface area contributed by atoms with Crippen molar-refractivity contribution in [3.63, 3.8) is 0 Å². The quantitative estimate of drug-likeness (QED) is 0.914. The molecule has 2 saturated heterocycles. The molecule has 19 heavy (non-hydrogen) atoms. The molecule has 0 amide bonds. The van der Waals surface area contributed by atoms with Crippen molar-refractivity contribution in [2.24, 2.45) is 5.41 Å². The summed E-state index contributed by atoms with van der Waals surface area (Å²) < 4.78 is 0. The number of aryl methyl sites for hydroxylation is 1. The van der Waals surface area contributed by atoms with Crippen LogP contribution in [-0.2, 0) is 13.0 Å². The molecule has 0 saturated carbocycles. The third-order valence-corrected chi connectivity index (χ3v) is 5.18. The zero-order chi connectivity index (χ0) is 13.3. The van der Waals surface area contributed by atoms with E-state index in [-0.39, 0.29) is 0 Å². The van der Waals surface area contributed by atoms with Crippen LogP contribution in [0.1, 0.15) is 30.9 Å². The first-order valence-corrected chi connectivity index (χ1v) is 7.80. The first-order valence-electron chi connectivity index (χ1n) is 7.42. The van der Waals surface area contributed by atoms with Crippen molar-refractivity contribution < 1.29 is 0 Å². The van der Waals surface area contributed by atoms with Gasteiger partial charge in [-0.2, -0.15) is 0 Å². The summed E-state index contributed by atoms with van der Waals surface area (Å²) in [6.45, 7) is 8.07. The molecule has 104 valence electrons. The summed E-state index contributed by atoms with van der Waals surface area (Å²) in [6, 6.07) is 6.31. The van der Waals surface area contributed by atoms with E-state index in [4.69, 9.17) is 11.6 Å². The van der Waals surface area contributed by atoms with E-state index in [0.717, 1.165) is 18.0 Å². The van der Waals surface area contributed by atoms with E-state index in [1.165, 1.54) is 50.1 Å². The van der Waals surface area contributed by atoms with Crippen LogP contribution in [0.2, 0.25) is 5.02 Å². The van der Waals surface area contributed by atoms with Crippen LogP contribution in [0.3, 0.4) is 0 Å². The van der Waals surface area contributed by atoms with Gasteiger partial charge < -0.3 is 5.32 Å². The van der Waals surface area contributed by atoms with E-state index in [9.17, 15) is 0 Å². The number of benzene rings is 1. The number of nitrogens with one attached hydrogen (secondary N) is 1. The number of rotatable bonds is 3. The lowest BCUT2D eigenvalue weighted by Gasteiger charge is -2.23.